The Bertz CT molecular complexity index is 1180. The summed E-state index contributed by atoms with van der Waals surface area (Å²) >= 11 is 1.68. The van der Waals surface area contributed by atoms with E-state index < -0.39 is 11.9 Å². The minimum atomic E-state index is -0.949. The number of para-hydroxylation sites is 1. The van der Waals surface area contributed by atoms with E-state index in [2.05, 4.69) is 24.2 Å². The maximum absolute atomic E-state index is 14.8. The standard InChI is InChI=1S/C28H30FNO3S/c1-4-22-17-30(34-27-8-6-5-7-26(27)33-22)16-21-14-20(11-10-19(21)3)24(15-28(31)32)23-12-9-18(2)13-25(23)29/h5-14,22,24H,4,15-17H2,1-3H3,(H,31,32). The lowest BCUT2D eigenvalue weighted by molar-refractivity contribution is -0.137. The fourth-order valence-electron chi connectivity index (χ4n) is 4.32. The van der Waals surface area contributed by atoms with Crippen LogP contribution in [0, 0.1) is 19.7 Å². The van der Waals surface area contributed by atoms with E-state index >= 15 is 0 Å². The lowest BCUT2D eigenvalue weighted by Gasteiger charge is -2.24. The Labute approximate surface area is 204 Å². The van der Waals surface area contributed by atoms with Crippen molar-refractivity contribution in [1.82, 2.24) is 4.31 Å². The highest BCUT2D eigenvalue weighted by molar-refractivity contribution is 7.97. The molecule has 0 spiro atoms. The van der Waals surface area contributed by atoms with Crippen molar-refractivity contribution >= 4 is 17.9 Å². The number of carboxylic acid groups (broad SMARTS) is 1. The highest BCUT2D eigenvalue weighted by Crippen LogP contribution is 2.38. The maximum Gasteiger partial charge on any atom is 0.304 e. The molecule has 1 aliphatic rings. The van der Waals surface area contributed by atoms with E-state index in [0.29, 0.717) is 12.1 Å². The van der Waals surface area contributed by atoms with E-state index in [4.69, 9.17) is 4.74 Å². The Morgan fingerprint density at radius 2 is 1.97 bits per heavy atom. The number of carboxylic acids is 1. The van der Waals surface area contributed by atoms with E-state index in [0.717, 1.165) is 45.9 Å². The molecule has 4 nitrogen and oxygen atoms in total. The van der Waals surface area contributed by atoms with Crippen molar-refractivity contribution in [3.05, 3.63) is 94.3 Å². The van der Waals surface area contributed by atoms with Crippen molar-refractivity contribution in [2.45, 2.75) is 57.1 Å². The van der Waals surface area contributed by atoms with Crippen LogP contribution in [0.25, 0.3) is 0 Å². The molecule has 6 heteroatoms. The number of nitrogens with zero attached hydrogens (tertiary/aromatic N) is 1. The highest BCUT2D eigenvalue weighted by Gasteiger charge is 2.25. The summed E-state index contributed by atoms with van der Waals surface area (Å²) in [5.41, 5.74) is 4.26. The molecule has 3 aromatic rings. The number of fused-ring (bicyclic) bond motifs is 1. The zero-order chi connectivity index (χ0) is 24.2. The summed E-state index contributed by atoms with van der Waals surface area (Å²) in [6.45, 7) is 7.45. The van der Waals surface area contributed by atoms with Crippen molar-refractivity contribution in [2.75, 3.05) is 6.54 Å². The number of hydrogen-bond acceptors (Lipinski definition) is 4. The van der Waals surface area contributed by atoms with Gasteiger partial charge in [-0.2, -0.15) is 0 Å². The van der Waals surface area contributed by atoms with Crippen molar-refractivity contribution in [3.63, 3.8) is 0 Å². The Balaban J connectivity index is 1.66. The summed E-state index contributed by atoms with van der Waals surface area (Å²) in [5, 5.41) is 9.57. The number of hydrogen-bond donors (Lipinski definition) is 1. The lowest BCUT2D eigenvalue weighted by Crippen LogP contribution is -2.29. The fraction of sp³-hybridized carbons (Fsp3) is 0.321. The Morgan fingerprint density at radius 1 is 1.18 bits per heavy atom. The molecule has 4 rings (SSSR count). The average Bonchev–Trinajstić information content (AvgIpc) is 2.98. The number of aryl methyl sites for hydroxylation is 2. The number of ether oxygens (including phenoxy) is 1. The van der Waals surface area contributed by atoms with E-state index in [9.17, 15) is 14.3 Å². The van der Waals surface area contributed by atoms with Crippen molar-refractivity contribution in [2.24, 2.45) is 0 Å². The zero-order valence-electron chi connectivity index (χ0n) is 19.8. The van der Waals surface area contributed by atoms with Gasteiger partial charge in [0.2, 0.25) is 0 Å². The first kappa shape index (κ1) is 24.3. The Kier molecular flexibility index (Phi) is 7.59. The second-order valence-electron chi connectivity index (χ2n) is 8.87. The van der Waals surface area contributed by atoms with Gasteiger partial charge < -0.3 is 9.84 Å². The van der Waals surface area contributed by atoms with E-state index in [1.54, 1.807) is 18.0 Å². The van der Waals surface area contributed by atoms with E-state index in [1.165, 1.54) is 6.07 Å². The molecule has 178 valence electrons. The summed E-state index contributed by atoms with van der Waals surface area (Å²) in [4.78, 5) is 12.8. The summed E-state index contributed by atoms with van der Waals surface area (Å²) in [7, 11) is 0. The second kappa shape index (κ2) is 10.6. The van der Waals surface area contributed by atoms with Gasteiger partial charge in [-0.05, 0) is 78.2 Å². The number of halogens is 1. The van der Waals surface area contributed by atoms with Gasteiger partial charge in [0, 0.05) is 19.0 Å². The third-order valence-electron chi connectivity index (χ3n) is 6.27. The van der Waals surface area contributed by atoms with Gasteiger partial charge in [0.25, 0.3) is 0 Å². The van der Waals surface area contributed by atoms with Crippen LogP contribution < -0.4 is 4.74 Å². The molecule has 0 aromatic heterocycles. The molecule has 0 saturated heterocycles. The number of benzene rings is 3. The molecule has 0 amide bonds. The molecule has 0 fully saturated rings. The third-order valence-corrected chi connectivity index (χ3v) is 7.34. The summed E-state index contributed by atoms with van der Waals surface area (Å²) in [6.07, 6.45) is 0.818. The molecule has 0 bridgehead atoms. The molecule has 1 N–H and O–H groups in total. The second-order valence-corrected chi connectivity index (χ2v) is 10.0. The predicted octanol–water partition coefficient (Wildman–Crippen LogP) is 6.73. The minimum Gasteiger partial charge on any atom is -0.488 e. The van der Waals surface area contributed by atoms with E-state index in [-0.39, 0.29) is 18.3 Å². The van der Waals surface area contributed by atoms with Crippen LogP contribution in [0.3, 0.4) is 0 Å². The van der Waals surface area contributed by atoms with Crippen LogP contribution in [0.2, 0.25) is 0 Å². The van der Waals surface area contributed by atoms with Crippen LogP contribution in [0.5, 0.6) is 5.75 Å². The van der Waals surface area contributed by atoms with Crippen molar-refractivity contribution in [3.8, 4) is 5.75 Å². The van der Waals surface area contributed by atoms with Crippen LogP contribution >= 0.6 is 11.9 Å². The molecule has 1 heterocycles. The molecule has 0 saturated carbocycles. The van der Waals surface area contributed by atoms with Gasteiger partial charge in [0.15, 0.2) is 0 Å². The van der Waals surface area contributed by atoms with Gasteiger partial charge in [0.1, 0.15) is 17.7 Å². The quantitative estimate of drug-likeness (QED) is 0.381. The van der Waals surface area contributed by atoms with Crippen molar-refractivity contribution in [1.29, 1.82) is 0 Å². The topological polar surface area (TPSA) is 49.8 Å². The van der Waals surface area contributed by atoms with Crippen LogP contribution in [-0.4, -0.2) is 28.0 Å². The number of carbonyl (C=O) groups is 1. The van der Waals surface area contributed by atoms with Crippen LogP contribution in [0.15, 0.2) is 65.6 Å². The first-order valence-corrected chi connectivity index (χ1v) is 12.4. The Morgan fingerprint density at radius 3 is 2.71 bits per heavy atom. The normalized spacial score (nSPS) is 16.9. The molecule has 0 radical (unpaired) electrons. The largest absolute Gasteiger partial charge is 0.488 e. The monoisotopic (exact) mass is 479 g/mol. The number of rotatable bonds is 7. The van der Waals surface area contributed by atoms with Crippen molar-refractivity contribution < 1.29 is 19.0 Å². The van der Waals surface area contributed by atoms with Gasteiger partial charge in [-0.3, -0.25) is 4.79 Å². The molecule has 2 unspecified atom stereocenters. The summed E-state index contributed by atoms with van der Waals surface area (Å²) < 4.78 is 23.4. The van der Waals surface area contributed by atoms with Crippen LogP contribution in [-0.2, 0) is 11.3 Å². The predicted molar refractivity (Wildman–Crippen MR) is 134 cm³/mol. The molecule has 2 atom stereocenters. The fourth-order valence-corrected chi connectivity index (χ4v) is 5.39. The van der Waals surface area contributed by atoms with Gasteiger partial charge in [0.05, 0.1) is 11.3 Å². The van der Waals surface area contributed by atoms with Gasteiger partial charge in [-0.15, -0.1) is 0 Å². The lowest BCUT2D eigenvalue weighted by atomic mass is 9.86. The van der Waals surface area contributed by atoms with Crippen LogP contribution in [0.4, 0.5) is 4.39 Å². The molecular weight excluding hydrogens is 449 g/mol. The first-order chi connectivity index (χ1) is 16.3. The van der Waals surface area contributed by atoms with E-state index in [1.807, 2.05) is 49.4 Å². The van der Waals surface area contributed by atoms with Gasteiger partial charge >= 0.3 is 5.97 Å². The Hall–Kier alpha value is -2.83. The highest BCUT2D eigenvalue weighted by atomic mass is 32.2. The zero-order valence-corrected chi connectivity index (χ0v) is 20.6. The average molecular weight is 480 g/mol. The molecule has 3 aromatic carbocycles. The smallest absolute Gasteiger partial charge is 0.304 e. The van der Waals surface area contributed by atoms with Crippen LogP contribution in [0.1, 0.15) is 53.5 Å². The number of aliphatic carboxylic acids is 1. The molecule has 0 aliphatic carbocycles. The minimum absolute atomic E-state index is 0.0843. The van der Waals surface area contributed by atoms with Gasteiger partial charge in [-0.25, -0.2) is 8.70 Å². The SMILES string of the molecule is CCC1CN(Cc2cc(C(CC(=O)O)c3ccc(C)cc3F)ccc2C)Sc2ccccc2O1. The summed E-state index contributed by atoms with van der Waals surface area (Å²) in [5.74, 6) is -0.962. The summed E-state index contributed by atoms with van der Waals surface area (Å²) in [6, 6.07) is 19.1. The molecule has 34 heavy (non-hydrogen) atoms. The van der Waals surface area contributed by atoms with Gasteiger partial charge in [-0.1, -0.05) is 49.4 Å². The molecule has 1 aliphatic heterocycles. The molecular formula is C28H30FNO3S. The maximum atomic E-state index is 14.8. The third kappa shape index (κ3) is 5.62. The first-order valence-electron chi connectivity index (χ1n) is 11.6.